The molecule has 6 heteroatoms. The first-order chi connectivity index (χ1) is 10.1. The summed E-state index contributed by atoms with van der Waals surface area (Å²) >= 11 is 1.61. The van der Waals surface area contributed by atoms with Crippen LogP contribution in [0.4, 0.5) is 10.5 Å². The largest absolute Gasteiger partial charge is 0.383 e. The van der Waals surface area contributed by atoms with E-state index in [1.807, 2.05) is 43.5 Å². The van der Waals surface area contributed by atoms with Gasteiger partial charge in [-0.25, -0.2) is 9.78 Å². The molecule has 0 unspecified atom stereocenters. The summed E-state index contributed by atoms with van der Waals surface area (Å²) in [5.74, 6) is 0. The fourth-order valence-corrected chi connectivity index (χ4v) is 2.67. The Bertz CT molecular complexity index is 595. The number of hydrogen-bond donors (Lipinski definition) is 2. The summed E-state index contributed by atoms with van der Waals surface area (Å²) in [7, 11) is 1.61. The molecule has 2 N–H and O–H groups in total. The molecule has 1 aromatic heterocycles. The second-order valence-electron chi connectivity index (χ2n) is 4.83. The van der Waals surface area contributed by atoms with Crippen LogP contribution in [-0.4, -0.2) is 30.8 Å². The van der Waals surface area contributed by atoms with Crippen molar-refractivity contribution < 1.29 is 9.53 Å². The maximum Gasteiger partial charge on any atom is 0.319 e. The second kappa shape index (κ2) is 7.19. The molecule has 0 spiro atoms. The van der Waals surface area contributed by atoms with Crippen molar-refractivity contribution in [2.75, 3.05) is 19.0 Å². The van der Waals surface area contributed by atoms with E-state index in [0.29, 0.717) is 6.61 Å². The number of methoxy groups -OCH3 is 1. The minimum absolute atomic E-state index is 0.0347. The van der Waals surface area contributed by atoms with Crippen LogP contribution >= 0.6 is 11.3 Å². The number of carbonyl (C=O) groups is 1. The van der Waals surface area contributed by atoms with E-state index in [1.165, 1.54) is 0 Å². The first-order valence-electron chi connectivity index (χ1n) is 6.67. The molecule has 2 aromatic rings. The molecule has 0 saturated heterocycles. The molecule has 0 saturated carbocycles. The number of hydrogen-bond acceptors (Lipinski definition) is 4. The summed E-state index contributed by atoms with van der Waals surface area (Å²) in [6.45, 7) is 4.34. The van der Waals surface area contributed by atoms with Crippen LogP contribution in [0.1, 0.15) is 12.6 Å². The summed E-state index contributed by atoms with van der Waals surface area (Å²) in [5.41, 5.74) is 2.81. The Hall–Kier alpha value is -1.92. The average Bonchev–Trinajstić information content (AvgIpc) is 2.86. The molecule has 0 fully saturated rings. The third kappa shape index (κ3) is 4.54. The van der Waals surface area contributed by atoms with Gasteiger partial charge < -0.3 is 15.4 Å². The molecule has 2 amide bonds. The Balaban J connectivity index is 1.95. The van der Waals surface area contributed by atoms with E-state index in [1.54, 1.807) is 18.4 Å². The highest BCUT2D eigenvalue weighted by molar-refractivity contribution is 7.13. The Morgan fingerprint density at radius 1 is 1.38 bits per heavy atom. The number of nitrogens with zero attached hydrogens (tertiary/aromatic N) is 1. The number of anilines is 1. The maximum atomic E-state index is 11.8. The molecular weight excluding hydrogens is 286 g/mol. The number of aryl methyl sites for hydroxylation is 1. The summed E-state index contributed by atoms with van der Waals surface area (Å²) in [4.78, 5) is 16.2. The first kappa shape index (κ1) is 15.5. The molecule has 2 rings (SSSR count). The number of ether oxygens (including phenoxy) is 1. The molecule has 21 heavy (non-hydrogen) atoms. The Morgan fingerprint density at radius 3 is 2.67 bits per heavy atom. The normalized spacial score (nSPS) is 12.0. The topological polar surface area (TPSA) is 63.2 Å². The van der Waals surface area contributed by atoms with E-state index >= 15 is 0 Å². The summed E-state index contributed by atoms with van der Waals surface area (Å²) < 4.78 is 4.97. The zero-order valence-electron chi connectivity index (χ0n) is 12.3. The monoisotopic (exact) mass is 305 g/mol. The van der Waals surface area contributed by atoms with E-state index in [-0.39, 0.29) is 12.1 Å². The van der Waals surface area contributed by atoms with Gasteiger partial charge in [0.05, 0.1) is 12.6 Å². The zero-order chi connectivity index (χ0) is 15.2. The summed E-state index contributed by atoms with van der Waals surface area (Å²) in [6, 6.07) is 7.36. The number of aromatic nitrogens is 1. The van der Waals surface area contributed by atoms with Crippen molar-refractivity contribution in [3.63, 3.8) is 0 Å². The number of nitrogens with one attached hydrogen (secondary N) is 2. The van der Waals surface area contributed by atoms with Crippen LogP contribution in [-0.2, 0) is 4.74 Å². The van der Waals surface area contributed by atoms with Crippen LogP contribution in [0.25, 0.3) is 10.6 Å². The third-order valence-corrected chi connectivity index (χ3v) is 3.81. The van der Waals surface area contributed by atoms with Crippen molar-refractivity contribution in [2.45, 2.75) is 19.9 Å². The molecule has 0 bridgehead atoms. The van der Waals surface area contributed by atoms with Crippen molar-refractivity contribution in [1.29, 1.82) is 0 Å². The van der Waals surface area contributed by atoms with Gasteiger partial charge in [0.2, 0.25) is 0 Å². The van der Waals surface area contributed by atoms with Gasteiger partial charge in [0.25, 0.3) is 0 Å². The Labute approximate surface area is 128 Å². The molecule has 5 nitrogen and oxygen atoms in total. The molecule has 1 aromatic carbocycles. The molecule has 0 aliphatic rings. The zero-order valence-corrected chi connectivity index (χ0v) is 13.2. The van der Waals surface area contributed by atoms with Crippen LogP contribution in [0.2, 0.25) is 0 Å². The standard InChI is InChI=1S/C15H19N3O2S/c1-10(8-20-3)17-15(19)18-13-6-4-12(5-7-13)14-16-11(2)9-21-14/h4-7,9-10H,8H2,1-3H3,(H2,17,18,19)/t10-/m1/s1. The van der Waals surface area contributed by atoms with E-state index < -0.39 is 0 Å². The van der Waals surface area contributed by atoms with Gasteiger partial charge >= 0.3 is 6.03 Å². The van der Waals surface area contributed by atoms with Crippen LogP contribution in [0.3, 0.4) is 0 Å². The highest BCUT2D eigenvalue weighted by atomic mass is 32.1. The fraction of sp³-hybridized carbons (Fsp3) is 0.333. The molecule has 0 aliphatic carbocycles. The van der Waals surface area contributed by atoms with E-state index in [0.717, 1.165) is 22.0 Å². The summed E-state index contributed by atoms with van der Waals surface area (Å²) in [6.07, 6.45) is 0. The number of rotatable bonds is 5. The quantitative estimate of drug-likeness (QED) is 0.891. The van der Waals surface area contributed by atoms with Gasteiger partial charge in [-0.05, 0) is 38.1 Å². The average molecular weight is 305 g/mol. The third-order valence-electron chi connectivity index (χ3n) is 2.80. The predicted molar refractivity (Wildman–Crippen MR) is 85.8 cm³/mol. The predicted octanol–water partition coefficient (Wildman–Crippen LogP) is 3.27. The molecule has 112 valence electrons. The van der Waals surface area contributed by atoms with Gasteiger partial charge in [-0.3, -0.25) is 0 Å². The lowest BCUT2D eigenvalue weighted by Gasteiger charge is -2.13. The lowest BCUT2D eigenvalue weighted by Crippen LogP contribution is -2.38. The van der Waals surface area contributed by atoms with Gasteiger partial charge in [0, 0.05) is 29.4 Å². The van der Waals surface area contributed by atoms with Crippen molar-refractivity contribution in [2.24, 2.45) is 0 Å². The maximum absolute atomic E-state index is 11.8. The van der Waals surface area contributed by atoms with Crippen molar-refractivity contribution in [3.8, 4) is 10.6 Å². The Morgan fingerprint density at radius 2 is 2.10 bits per heavy atom. The van der Waals surface area contributed by atoms with Crippen LogP contribution in [0.15, 0.2) is 29.6 Å². The second-order valence-corrected chi connectivity index (χ2v) is 5.68. The van der Waals surface area contributed by atoms with Crippen LogP contribution < -0.4 is 10.6 Å². The fourth-order valence-electron chi connectivity index (χ4n) is 1.87. The van der Waals surface area contributed by atoms with Crippen molar-refractivity contribution in [1.82, 2.24) is 10.3 Å². The minimum atomic E-state index is -0.239. The van der Waals surface area contributed by atoms with Gasteiger partial charge in [0.1, 0.15) is 5.01 Å². The highest BCUT2D eigenvalue weighted by Crippen LogP contribution is 2.24. The van der Waals surface area contributed by atoms with Crippen LogP contribution in [0, 0.1) is 6.92 Å². The van der Waals surface area contributed by atoms with Crippen molar-refractivity contribution in [3.05, 3.63) is 35.3 Å². The minimum Gasteiger partial charge on any atom is -0.383 e. The number of thiazole rings is 1. The number of amides is 2. The van der Waals surface area contributed by atoms with Gasteiger partial charge in [-0.15, -0.1) is 11.3 Å². The van der Waals surface area contributed by atoms with Crippen LogP contribution in [0.5, 0.6) is 0 Å². The number of urea groups is 1. The SMILES string of the molecule is COC[C@@H](C)NC(=O)Nc1ccc(-c2nc(C)cs2)cc1. The smallest absolute Gasteiger partial charge is 0.319 e. The number of benzene rings is 1. The first-order valence-corrected chi connectivity index (χ1v) is 7.55. The van der Waals surface area contributed by atoms with Crippen molar-refractivity contribution >= 4 is 23.1 Å². The highest BCUT2D eigenvalue weighted by Gasteiger charge is 2.07. The molecular formula is C15H19N3O2S. The van der Waals surface area contributed by atoms with E-state index in [9.17, 15) is 4.79 Å². The van der Waals surface area contributed by atoms with Gasteiger partial charge in [-0.2, -0.15) is 0 Å². The lowest BCUT2D eigenvalue weighted by molar-refractivity contribution is 0.173. The van der Waals surface area contributed by atoms with Gasteiger partial charge in [-0.1, -0.05) is 0 Å². The Kier molecular flexibility index (Phi) is 5.30. The molecule has 1 heterocycles. The molecule has 1 atom stereocenters. The van der Waals surface area contributed by atoms with Gasteiger partial charge in [0.15, 0.2) is 0 Å². The molecule has 0 aliphatic heterocycles. The number of carbonyl (C=O) groups excluding carboxylic acids is 1. The lowest BCUT2D eigenvalue weighted by atomic mass is 10.2. The van der Waals surface area contributed by atoms with E-state index in [2.05, 4.69) is 15.6 Å². The summed E-state index contributed by atoms with van der Waals surface area (Å²) in [5, 5.41) is 8.59. The van der Waals surface area contributed by atoms with E-state index in [4.69, 9.17) is 4.74 Å². The molecule has 0 radical (unpaired) electrons.